The zero-order valence-corrected chi connectivity index (χ0v) is 14.9. The van der Waals surface area contributed by atoms with Gasteiger partial charge in [-0.15, -0.1) is 0 Å². The molecule has 1 aromatic heterocycles. The number of nitrogens with one attached hydrogen (secondary N) is 2. The average molecular weight is 358 g/mol. The van der Waals surface area contributed by atoms with E-state index in [1.165, 1.54) is 0 Å². The fourth-order valence-corrected chi connectivity index (χ4v) is 3.22. The molecule has 118 valence electrons. The number of carbonyl (C=O) groups excluding carboxylic acids is 1. The molecule has 0 bridgehead atoms. The molecular weight excluding hydrogens is 341 g/mol. The molecule has 1 unspecified atom stereocenters. The van der Waals surface area contributed by atoms with E-state index in [0.29, 0.717) is 20.5 Å². The van der Waals surface area contributed by atoms with Crippen LogP contribution in [0.15, 0.2) is 18.2 Å². The molecule has 22 heavy (non-hydrogen) atoms. The molecule has 0 radical (unpaired) electrons. The monoisotopic (exact) mass is 357 g/mol. The van der Waals surface area contributed by atoms with Crippen molar-refractivity contribution in [1.82, 2.24) is 14.9 Å². The van der Waals surface area contributed by atoms with E-state index >= 15 is 0 Å². The number of rotatable bonds is 4. The highest BCUT2D eigenvalue weighted by Crippen LogP contribution is 2.30. The van der Waals surface area contributed by atoms with Gasteiger partial charge in [-0.2, -0.15) is 0 Å². The molecule has 2 aromatic rings. The number of imidazole rings is 1. The molecule has 0 fully saturated rings. The van der Waals surface area contributed by atoms with Crippen molar-refractivity contribution in [1.29, 1.82) is 0 Å². The first-order valence-corrected chi connectivity index (χ1v) is 8.05. The van der Waals surface area contributed by atoms with Gasteiger partial charge in [-0.1, -0.05) is 36.2 Å². The SMILES string of the molecule is CCC(c1ccc(Cl)c(Cl)c1)n1c(C(=O)NC)c(C)[nH]c1=S. The molecule has 0 saturated carbocycles. The Morgan fingerprint density at radius 2 is 2.09 bits per heavy atom. The van der Waals surface area contributed by atoms with Crippen LogP contribution in [0.1, 0.15) is 41.1 Å². The predicted octanol–water partition coefficient (Wildman–Crippen LogP) is 4.52. The number of carbonyl (C=O) groups is 1. The molecule has 1 atom stereocenters. The summed E-state index contributed by atoms with van der Waals surface area (Å²) in [6, 6.07) is 5.38. The summed E-state index contributed by atoms with van der Waals surface area (Å²) in [5.74, 6) is -0.177. The van der Waals surface area contributed by atoms with Crippen LogP contribution >= 0.6 is 35.4 Å². The van der Waals surface area contributed by atoms with Crippen LogP contribution in [0.3, 0.4) is 0 Å². The second kappa shape index (κ2) is 6.86. The minimum atomic E-state index is -0.177. The van der Waals surface area contributed by atoms with Gasteiger partial charge in [-0.3, -0.25) is 4.79 Å². The van der Waals surface area contributed by atoms with Gasteiger partial charge in [0, 0.05) is 12.7 Å². The number of hydrogen-bond donors (Lipinski definition) is 2. The third kappa shape index (κ3) is 3.07. The average Bonchev–Trinajstić information content (AvgIpc) is 2.77. The van der Waals surface area contributed by atoms with Crippen LogP contribution in [-0.4, -0.2) is 22.5 Å². The maximum Gasteiger partial charge on any atom is 0.269 e. The number of hydrogen-bond acceptors (Lipinski definition) is 2. The molecule has 0 spiro atoms. The molecule has 0 aliphatic heterocycles. The lowest BCUT2D eigenvalue weighted by atomic mass is 10.0. The van der Waals surface area contributed by atoms with E-state index in [9.17, 15) is 4.79 Å². The van der Waals surface area contributed by atoms with Gasteiger partial charge in [0.1, 0.15) is 5.69 Å². The van der Waals surface area contributed by atoms with Gasteiger partial charge >= 0.3 is 0 Å². The summed E-state index contributed by atoms with van der Waals surface area (Å²) >= 11 is 17.5. The predicted molar refractivity (Wildman–Crippen MR) is 92.6 cm³/mol. The van der Waals surface area contributed by atoms with E-state index in [1.54, 1.807) is 13.1 Å². The lowest BCUT2D eigenvalue weighted by Gasteiger charge is -2.20. The number of nitrogens with zero attached hydrogens (tertiary/aromatic N) is 1. The van der Waals surface area contributed by atoms with Crippen molar-refractivity contribution >= 4 is 41.3 Å². The molecular formula is C15H17Cl2N3OS. The first-order valence-electron chi connectivity index (χ1n) is 6.88. The number of aryl methyl sites for hydroxylation is 1. The lowest BCUT2D eigenvalue weighted by Crippen LogP contribution is -2.25. The highest BCUT2D eigenvalue weighted by molar-refractivity contribution is 7.71. The Bertz CT molecular complexity index is 767. The third-order valence-electron chi connectivity index (χ3n) is 3.58. The van der Waals surface area contributed by atoms with Gasteiger partial charge in [0.05, 0.1) is 16.1 Å². The Morgan fingerprint density at radius 3 is 2.64 bits per heavy atom. The Labute approximate surface area is 144 Å². The van der Waals surface area contributed by atoms with E-state index in [1.807, 2.05) is 30.5 Å². The van der Waals surface area contributed by atoms with Gasteiger partial charge in [-0.05, 0) is 43.3 Å². The lowest BCUT2D eigenvalue weighted by molar-refractivity contribution is 0.0951. The Morgan fingerprint density at radius 1 is 1.41 bits per heavy atom. The smallest absolute Gasteiger partial charge is 0.269 e. The number of halogens is 2. The fraction of sp³-hybridized carbons (Fsp3) is 0.333. The number of amides is 1. The van der Waals surface area contributed by atoms with E-state index in [0.717, 1.165) is 17.7 Å². The summed E-state index contributed by atoms with van der Waals surface area (Å²) in [4.78, 5) is 15.3. The molecule has 1 aromatic carbocycles. The van der Waals surface area contributed by atoms with Crippen molar-refractivity contribution in [2.45, 2.75) is 26.3 Å². The maximum absolute atomic E-state index is 12.2. The van der Waals surface area contributed by atoms with Gasteiger partial charge < -0.3 is 14.9 Å². The molecule has 1 amide bonds. The standard InChI is InChI=1S/C15H17Cl2N3OS/c1-4-12(9-5-6-10(16)11(17)7-9)20-13(14(21)18-3)8(2)19-15(20)22/h5-7,12H,4H2,1-3H3,(H,18,21)(H,19,22). The number of H-pyrrole nitrogens is 1. The zero-order valence-electron chi connectivity index (χ0n) is 12.5. The van der Waals surface area contributed by atoms with E-state index in [-0.39, 0.29) is 11.9 Å². The molecule has 0 aliphatic carbocycles. The summed E-state index contributed by atoms with van der Waals surface area (Å²) in [5.41, 5.74) is 2.23. The van der Waals surface area contributed by atoms with Crippen molar-refractivity contribution in [2.24, 2.45) is 0 Å². The summed E-state index contributed by atoms with van der Waals surface area (Å²) in [5, 5.41) is 3.64. The van der Waals surface area contributed by atoms with Crippen molar-refractivity contribution in [3.8, 4) is 0 Å². The Balaban J connectivity index is 2.63. The quantitative estimate of drug-likeness (QED) is 0.790. The molecule has 7 heteroatoms. The minimum Gasteiger partial charge on any atom is -0.354 e. The van der Waals surface area contributed by atoms with Crippen molar-refractivity contribution in [3.63, 3.8) is 0 Å². The first kappa shape index (κ1) is 17.1. The van der Waals surface area contributed by atoms with Crippen molar-refractivity contribution < 1.29 is 4.79 Å². The van der Waals surface area contributed by atoms with Crippen molar-refractivity contribution in [3.05, 3.63) is 50.0 Å². The maximum atomic E-state index is 12.2. The second-order valence-electron chi connectivity index (χ2n) is 4.95. The highest BCUT2D eigenvalue weighted by atomic mass is 35.5. The largest absolute Gasteiger partial charge is 0.354 e. The molecule has 4 nitrogen and oxygen atoms in total. The van der Waals surface area contributed by atoms with Gasteiger partial charge in [0.2, 0.25) is 0 Å². The number of aromatic nitrogens is 2. The van der Waals surface area contributed by atoms with Crippen LogP contribution in [0.25, 0.3) is 0 Å². The van der Waals surface area contributed by atoms with E-state index in [4.69, 9.17) is 35.4 Å². The minimum absolute atomic E-state index is 0.0977. The highest BCUT2D eigenvalue weighted by Gasteiger charge is 2.23. The number of benzene rings is 1. The Hall–Kier alpha value is -1.30. The first-order chi connectivity index (χ1) is 10.4. The van der Waals surface area contributed by atoms with Crippen LogP contribution in [0.2, 0.25) is 10.0 Å². The fourth-order valence-electron chi connectivity index (χ4n) is 2.54. The Kier molecular flexibility index (Phi) is 5.32. The summed E-state index contributed by atoms with van der Waals surface area (Å²) in [7, 11) is 1.60. The van der Waals surface area contributed by atoms with Crippen LogP contribution in [0.5, 0.6) is 0 Å². The van der Waals surface area contributed by atoms with E-state index < -0.39 is 0 Å². The van der Waals surface area contributed by atoms with Crippen LogP contribution < -0.4 is 5.32 Å². The summed E-state index contributed by atoms with van der Waals surface area (Å²) in [6.45, 7) is 3.86. The molecule has 2 rings (SSSR count). The van der Waals surface area contributed by atoms with Gasteiger partial charge in [0.15, 0.2) is 4.77 Å². The molecule has 0 aliphatic rings. The van der Waals surface area contributed by atoms with Crippen LogP contribution in [-0.2, 0) is 0 Å². The molecule has 0 saturated heterocycles. The topological polar surface area (TPSA) is 49.8 Å². The van der Waals surface area contributed by atoms with Gasteiger partial charge in [0.25, 0.3) is 5.91 Å². The van der Waals surface area contributed by atoms with Crippen molar-refractivity contribution in [2.75, 3.05) is 7.05 Å². The van der Waals surface area contributed by atoms with Gasteiger partial charge in [-0.25, -0.2) is 0 Å². The zero-order chi connectivity index (χ0) is 16.4. The summed E-state index contributed by atoms with van der Waals surface area (Å²) in [6.07, 6.45) is 0.757. The molecule has 1 heterocycles. The van der Waals surface area contributed by atoms with Crippen LogP contribution in [0.4, 0.5) is 0 Å². The number of aromatic amines is 1. The third-order valence-corrected chi connectivity index (χ3v) is 4.62. The second-order valence-corrected chi connectivity index (χ2v) is 6.15. The van der Waals surface area contributed by atoms with Crippen LogP contribution in [0, 0.1) is 11.7 Å². The summed E-state index contributed by atoms with van der Waals surface area (Å²) < 4.78 is 2.34. The molecule has 2 N–H and O–H groups in total. The van der Waals surface area contributed by atoms with E-state index in [2.05, 4.69) is 10.3 Å². The normalized spacial score (nSPS) is 12.2.